The van der Waals surface area contributed by atoms with Gasteiger partial charge in [-0.25, -0.2) is 0 Å². The second-order valence-corrected chi connectivity index (χ2v) is 4.27. The van der Waals surface area contributed by atoms with Crippen LogP contribution in [0.4, 0.5) is 0 Å². The van der Waals surface area contributed by atoms with Crippen molar-refractivity contribution in [2.24, 2.45) is 0 Å². The molecule has 0 aliphatic rings. The molecular weight excluding hydrogens is 200 g/mol. The van der Waals surface area contributed by atoms with Crippen molar-refractivity contribution in [3.8, 4) is 11.1 Å². The topological polar surface area (TPSA) is 0 Å². The van der Waals surface area contributed by atoms with Crippen LogP contribution in [0.2, 0.25) is 0 Å². The molecule has 0 nitrogen and oxygen atoms in total. The van der Waals surface area contributed by atoms with E-state index in [0.717, 1.165) is 4.90 Å². The van der Waals surface area contributed by atoms with Crippen molar-refractivity contribution in [1.82, 2.24) is 0 Å². The normalized spacial score (nSPS) is 10.3. The molecular formula is C14H14S. The molecule has 0 N–H and O–H groups in total. The van der Waals surface area contributed by atoms with E-state index in [1.54, 1.807) is 0 Å². The summed E-state index contributed by atoms with van der Waals surface area (Å²) in [6, 6.07) is 14.6. The molecule has 0 aromatic heterocycles. The van der Waals surface area contributed by atoms with Gasteiger partial charge in [0.2, 0.25) is 0 Å². The highest BCUT2D eigenvalue weighted by Crippen LogP contribution is 2.31. The molecule has 0 saturated heterocycles. The summed E-state index contributed by atoms with van der Waals surface area (Å²) in [5, 5.41) is 0. The van der Waals surface area contributed by atoms with Gasteiger partial charge in [-0.3, -0.25) is 0 Å². The van der Waals surface area contributed by atoms with Crippen molar-refractivity contribution >= 4 is 12.6 Å². The molecule has 0 fully saturated rings. The smallest absolute Gasteiger partial charge is 0.0119 e. The molecule has 0 heterocycles. The van der Waals surface area contributed by atoms with Gasteiger partial charge in [-0.2, -0.15) is 0 Å². The van der Waals surface area contributed by atoms with E-state index in [4.69, 9.17) is 0 Å². The summed E-state index contributed by atoms with van der Waals surface area (Å²) in [7, 11) is 0. The summed E-state index contributed by atoms with van der Waals surface area (Å²) < 4.78 is 0. The van der Waals surface area contributed by atoms with Gasteiger partial charge >= 0.3 is 0 Å². The SMILES string of the molecule is Cc1cccc(C)c1-c1ccccc1S. The molecule has 0 atom stereocenters. The highest BCUT2D eigenvalue weighted by molar-refractivity contribution is 7.80. The van der Waals surface area contributed by atoms with Gasteiger partial charge in [0.05, 0.1) is 0 Å². The Kier molecular flexibility index (Phi) is 2.83. The van der Waals surface area contributed by atoms with Gasteiger partial charge in [-0.15, -0.1) is 12.6 Å². The Morgan fingerprint density at radius 1 is 0.800 bits per heavy atom. The van der Waals surface area contributed by atoms with Crippen molar-refractivity contribution in [3.05, 3.63) is 53.6 Å². The molecule has 76 valence electrons. The second kappa shape index (κ2) is 4.11. The average Bonchev–Trinajstić information content (AvgIpc) is 2.20. The zero-order valence-corrected chi connectivity index (χ0v) is 9.88. The number of thiol groups is 1. The molecule has 0 amide bonds. The summed E-state index contributed by atoms with van der Waals surface area (Å²) in [5.74, 6) is 0. The van der Waals surface area contributed by atoms with Crippen molar-refractivity contribution < 1.29 is 0 Å². The first-order valence-electron chi connectivity index (χ1n) is 5.04. The van der Waals surface area contributed by atoms with E-state index in [9.17, 15) is 0 Å². The molecule has 1 heteroatoms. The van der Waals surface area contributed by atoms with E-state index in [-0.39, 0.29) is 0 Å². The summed E-state index contributed by atoms with van der Waals surface area (Å²) in [4.78, 5) is 1.04. The lowest BCUT2D eigenvalue weighted by Crippen LogP contribution is -1.88. The first-order valence-corrected chi connectivity index (χ1v) is 5.49. The number of rotatable bonds is 1. The van der Waals surface area contributed by atoms with Gasteiger partial charge in [0.1, 0.15) is 0 Å². The highest BCUT2D eigenvalue weighted by atomic mass is 32.1. The molecule has 2 rings (SSSR count). The lowest BCUT2D eigenvalue weighted by atomic mass is 9.96. The van der Waals surface area contributed by atoms with E-state index < -0.39 is 0 Å². The monoisotopic (exact) mass is 214 g/mol. The van der Waals surface area contributed by atoms with E-state index in [1.165, 1.54) is 22.3 Å². The molecule has 0 spiro atoms. The van der Waals surface area contributed by atoms with E-state index in [0.29, 0.717) is 0 Å². The van der Waals surface area contributed by atoms with Gasteiger partial charge in [0.25, 0.3) is 0 Å². The van der Waals surface area contributed by atoms with Crippen LogP contribution in [0.25, 0.3) is 11.1 Å². The summed E-state index contributed by atoms with van der Waals surface area (Å²) in [5.41, 5.74) is 5.13. The fraction of sp³-hybridized carbons (Fsp3) is 0.143. The lowest BCUT2D eigenvalue weighted by molar-refractivity contribution is 1.34. The van der Waals surface area contributed by atoms with E-state index in [2.05, 4.69) is 56.8 Å². The van der Waals surface area contributed by atoms with Crippen LogP contribution in [0.15, 0.2) is 47.4 Å². The number of benzene rings is 2. The first kappa shape index (κ1) is 10.3. The minimum atomic E-state index is 1.04. The zero-order valence-electron chi connectivity index (χ0n) is 8.99. The Labute approximate surface area is 96.4 Å². The van der Waals surface area contributed by atoms with Gasteiger partial charge in [-0.1, -0.05) is 36.4 Å². The van der Waals surface area contributed by atoms with Crippen LogP contribution in [0.3, 0.4) is 0 Å². The highest BCUT2D eigenvalue weighted by Gasteiger charge is 2.06. The van der Waals surface area contributed by atoms with Crippen LogP contribution in [0, 0.1) is 13.8 Å². The lowest BCUT2D eigenvalue weighted by Gasteiger charge is -2.11. The van der Waals surface area contributed by atoms with Gasteiger partial charge in [-0.05, 0) is 42.2 Å². The minimum Gasteiger partial charge on any atom is -0.143 e. The summed E-state index contributed by atoms with van der Waals surface area (Å²) in [6.45, 7) is 4.28. The van der Waals surface area contributed by atoms with Gasteiger partial charge < -0.3 is 0 Å². The predicted octanol–water partition coefficient (Wildman–Crippen LogP) is 4.26. The fourth-order valence-corrected chi connectivity index (χ4v) is 2.20. The van der Waals surface area contributed by atoms with E-state index in [1.807, 2.05) is 12.1 Å². The third-order valence-electron chi connectivity index (χ3n) is 2.65. The molecule has 0 bridgehead atoms. The first-order chi connectivity index (χ1) is 7.20. The number of aryl methyl sites for hydroxylation is 2. The Morgan fingerprint density at radius 2 is 1.40 bits per heavy atom. The van der Waals surface area contributed by atoms with E-state index >= 15 is 0 Å². The molecule has 0 saturated carbocycles. The zero-order chi connectivity index (χ0) is 10.8. The third-order valence-corrected chi connectivity index (χ3v) is 3.04. The Bertz CT molecular complexity index is 466. The van der Waals surface area contributed by atoms with Crippen LogP contribution >= 0.6 is 12.6 Å². The summed E-state index contributed by atoms with van der Waals surface area (Å²) in [6.07, 6.45) is 0. The van der Waals surface area contributed by atoms with Crippen molar-refractivity contribution in [2.75, 3.05) is 0 Å². The van der Waals surface area contributed by atoms with Crippen molar-refractivity contribution in [3.63, 3.8) is 0 Å². The second-order valence-electron chi connectivity index (χ2n) is 3.78. The van der Waals surface area contributed by atoms with Crippen LogP contribution < -0.4 is 0 Å². The molecule has 2 aromatic carbocycles. The molecule has 0 unspecified atom stereocenters. The fourth-order valence-electron chi connectivity index (χ4n) is 1.92. The number of hydrogen-bond acceptors (Lipinski definition) is 1. The maximum atomic E-state index is 4.50. The Hall–Kier alpha value is -1.21. The standard InChI is InChI=1S/C14H14S/c1-10-6-5-7-11(2)14(10)12-8-3-4-9-13(12)15/h3-9,15H,1-2H3. The number of hydrogen-bond donors (Lipinski definition) is 1. The minimum absolute atomic E-state index is 1.04. The maximum Gasteiger partial charge on any atom is 0.0119 e. The van der Waals surface area contributed by atoms with Crippen LogP contribution in [-0.4, -0.2) is 0 Å². The van der Waals surface area contributed by atoms with Crippen LogP contribution in [-0.2, 0) is 0 Å². The molecule has 15 heavy (non-hydrogen) atoms. The van der Waals surface area contributed by atoms with Gasteiger partial charge in [0.15, 0.2) is 0 Å². The third kappa shape index (κ3) is 1.93. The average molecular weight is 214 g/mol. The Morgan fingerprint density at radius 3 is 2.00 bits per heavy atom. The molecule has 0 aliphatic carbocycles. The Balaban J connectivity index is 2.69. The molecule has 0 radical (unpaired) electrons. The molecule has 2 aromatic rings. The van der Waals surface area contributed by atoms with Crippen molar-refractivity contribution in [2.45, 2.75) is 18.7 Å². The largest absolute Gasteiger partial charge is 0.143 e. The van der Waals surface area contributed by atoms with Crippen LogP contribution in [0.1, 0.15) is 11.1 Å². The maximum absolute atomic E-state index is 4.50. The van der Waals surface area contributed by atoms with Crippen molar-refractivity contribution in [1.29, 1.82) is 0 Å². The summed E-state index contributed by atoms with van der Waals surface area (Å²) >= 11 is 4.50. The molecule has 0 aliphatic heterocycles. The quantitative estimate of drug-likeness (QED) is 0.674. The predicted molar refractivity (Wildman–Crippen MR) is 68.6 cm³/mol. The van der Waals surface area contributed by atoms with Crippen LogP contribution in [0.5, 0.6) is 0 Å². The van der Waals surface area contributed by atoms with Gasteiger partial charge in [0, 0.05) is 4.90 Å².